The van der Waals surface area contributed by atoms with Gasteiger partial charge in [0.05, 0.1) is 5.69 Å². The molecule has 3 heterocycles. The summed E-state index contributed by atoms with van der Waals surface area (Å²) in [6.45, 7) is 2.58. The zero-order chi connectivity index (χ0) is 16.5. The second-order valence-corrected chi connectivity index (χ2v) is 5.65. The third kappa shape index (κ3) is 2.60. The molecule has 0 spiro atoms. The molecule has 0 saturated heterocycles. The van der Waals surface area contributed by atoms with Crippen LogP contribution >= 0.6 is 0 Å². The smallest absolute Gasteiger partial charge is 0.254 e. The average Bonchev–Trinajstić information content (AvgIpc) is 3.19. The average molecular weight is 319 g/mol. The minimum atomic E-state index is 0.590. The van der Waals surface area contributed by atoms with Crippen molar-refractivity contribution in [1.82, 2.24) is 29.4 Å². The largest absolute Gasteiger partial charge is 0.366 e. The van der Waals surface area contributed by atoms with Crippen LogP contribution in [0.25, 0.3) is 17.0 Å². The minimum absolute atomic E-state index is 0.590. The van der Waals surface area contributed by atoms with Gasteiger partial charge in [0, 0.05) is 42.7 Å². The highest BCUT2D eigenvalue weighted by Gasteiger charge is 2.11. The number of anilines is 1. The predicted molar refractivity (Wildman–Crippen MR) is 91.5 cm³/mol. The maximum Gasteiger partial charge on any atom is 0.254 e. The van der Waals surface area contributed by atoms with Gasteiger partial charge < -0.3 is 5.32 Å². The molecule has 0 atom stereocenters. The van der Waals surface area contributed by atoms with Gasteiger partial charge in [-0.25, -0.2) is 4.98 Å². The highest BCUT2D eigenvalue weighted by atomic mass is 15.4. The van der Waals surface area contributed by atoms with Gasteiger partial charge in [-0.1, -0.05) is 30.3 Å². The van der Waals surface area contributed by atoms with Crippen LogP contribution < -0.4 is 5.32 Å². The number of nitrogens with zero attached hydrogens (tertiary/aromatic N) is 6. The number of hydrogen-bond acceptors (Lipinski definition) is 5. The quantitative estimate of drug-likeness (QED) is 0.625. The van der Waals surface area contributed by atoms with Crippen LogP contribution in [-0.4, -0.2) is 29.4 Å². The summed E-state index contributed by atoms with van der Waals surface area (Å²) in [6, 6.07) is 12.1. The van der Waals surface area contributed by atoms with E-state index in [0.29, 0.717) is 12.3 Å². The molecule has 7 heteroatoms. The van der Waals surface area contributed by atoms with Crippen molar-refractivity contribution >= 4 is 11.6 Å². The summed E-state index contributed by atoms with van der Waals surface area (Å²) in [6.07, 6.45) is 3.54. The molecule has 120 valence electrons. The molecule has 0 aliphatic carbocycles. The third-order valence-corrected chi connectivity index (χ3v) is 3.79. The Balaban J connectivity index is 1.66. The molecule has 0 aliphatic heterocycles. The molecule has 1 N–H and O–H groups in total. The molecule has 4 rings (SSSR count). The van der Waals surface area contributed by atoms with Crippen LogP contribution in [0.4, 0.5) is 5.82 Å². The maximum atomic E-state index is 4.59. The van der Waals surface area contributed by atoms with E-state index < -0.39 is 0 Å². The van der Waals surface area contributed by atoms with Crippen molar-refractivity contribution in [1.29, 1.82) is 0 Å². The van der Waals surface area contributed by atoms with Crippen LogP contribution in [0.1, 0.15) is 11.3 Å². The van der Waals surface area contributed by atoms with Gasteiger partial charge in [0.15, 0.2) is 0 Å². The molecule has 0 bridgehead atoms. The van der Waals surface area contributed by atoms with Crippen molar-refractivity contribution in [2.75, 3.05) is 5.32 Å². The van der Waals surface area contributed by atoms with E-state index in [9.17, 15) is 0 Å². The van der Waals surface area contributed by atoms with E-state index in [1.54, 1.807) is 4.52 Å². The Morgan fingerprint density at radius 1 is 1.17 bits per heavy atom. The molecular formula is C17H17N7. The van der Waals surface area contributed by atoms with E-state index in [1.165, 1.54) is 6.33 Å². The van der Waals surface area contributed by atoms with Crippen LogP contribution in [0.5, 0.6) is 0 Å². The normalized spacial score (nSPS) is 11.1. The Labute approximate surface area is 139 Å². The SMILES string of the molecule is Cc1cc(NCc2cn(C)nc2-c2ccccc2)n2ncnc2n1. The number of benzene rings is 1. The second-order valence-electron chi connectivity index (χ2n) is 5.65. The van der Waals surface area contributed by atoms with Crippen LogP contribution in [0.3, 0.4) is 0 Å². The van der Waals surface area contributed by atoms with Gasteiger partial charge in [-0.15, -0.1) is 0 Å². The molecule has 3 aromatic heterocycles. The van der Waals surface area contributed by atoms with Gasteiger partial charge in [-0.05, 0) is 6.92 Å². The van der Waals surface area contributed by atoms with Crippen LogP contribution in [0.15, 0.2) is 48.9 Å². The Bertz CT molecular complexity index is 985. The first-order valence-corrected chi connectivity index (χ1v) is 7.70. The predicted octanol–water partition coefficient (Wildman–Crippen LogP) is 2.45. The maximum absolute atomic E-state index is 4.59. The zero-order valence-corrected chi connectivity index (χ0v) is 13.5. The molecule has 0 radical (unpaired) electrons. The minimum Gasteiger partial charge on any atom is -0.366 e. The van der Waals surface area contributed by atoms with E-state index in [-0.39, 0.29) is 0 Å². The van der Waals surface area contributed by atoms with E-state index in [2.05, 4.69) is 37.6 Å². The van der Waals surface area contributed by atoms with Crippen molar-refractivity contribution in [3.63, 3.8) is 0 Å². The second kappa shape index (κ2) is 5.77. The highest BCUT2D eigenvalue weighted by Crippen LogP contribution is 2.22. The number of hydrogen-bond donors (Lipinski definition) is 1. The van der Waals surface area contributed by atoms with Crippen molar-refractivity contribution in [3.8, 4) is 11.3 Å². The van der Waals surface area contributed by atoms with E-state index in [1.807, 2.05) is 49.1 Å². The number of rotatable bonds is 4. The molecule has 1 aromatic carbocycles. The number of aromatic nitrogens is 6. The van der Waals surface area contributed by atoms with E-state index >= 15 is 0 Å². The summed E-state index contributed by atoms with van der Waals surface area (Å²) >= 11 is 0. The van der Waals surface area contributed by atoms with Gasteiger partial charge in [0.1, 0.15) is 12.1 Å². The lowest BCUT2D eigenvalue weighted by Crippen LogP contribution is -2.07. The van der Waals surface area contributed by atoms with E-state index in [0.717, 1.165) is 28.3 Å². The number of fused-ring (bicyclic) bond motifs is 1. The van der Waals surface area contributed by atoms with Crippen molar-refractivity contribution in [2.45, 2.75) is 13.5 Å². The topological polar surface area (TPSA) is 72.9 Å². The van der Waals surface area contributed by atoms with Gasteiger partial charge in [-0.3, -0.25) is 4.68 Å². The van der Waals surface area contributed by atoms with E-state index in [4.69, 9.17) is 0 Å². The molecule has 0 amide bonds. The standard InChI is InChI=1S/C17H17N7/c1-12-8-15(24-17(21-12)19-11-20-24)18-9-14-10-23(2)22-16(14)13-6-4-3-5-7-13/h3-8,10-11,18H,9H2,1-2H3. The van der Waals surface area contributed by atoms with Gasteiger partial charge in [-0.2, -0.15) is 19.7 Å². The fraction of sp³-hybridized carbons (Fsp3) is 0.176. The van der Waals surface area contributed by atoms with Crippen molar-refractivity contribution < 1.29 is 0 Å². The molecule has 0 unspecified atom stereocenters. The van der Waals surface area contributed by atoms with Gasteiger partial charge >= 0.3 is 0 Å². The Hall–Kier alpha value is -3.22. The Morgan fingerprint density at radius 2 is 2.00 bits per heavy atom. The Kier molecular flexibility index (Phi) is 3.45. The van der Waals surface area contributed by atoms with Crippen LogP contribution in [0.2, 0.25) is 0 Å². The number of nitrogens with one attached hydrogen (secondary N) is 1. The summed E-state index contributed by atoms with van der Waals surface area (Å²) < 4.78 is 3.54. The molecule has 7 nitrogen and oxygen atoms in total. The molecule has 0 fully saturated rings. The third-order valence-electron chi connectivity index (χ3n) is 3.79. The van der Waals surface area contributed by atoms with Crippen LogP contribution in [-0.2, 0) is 13.6 Å². The molecular weight excluding hydrogens is 302 g/mol. The first-order valence-electron chi connectivity index (χ1n) is 7.70. The molecule has 4 aromatic rings. The fourth-order valence-electron chi connectivity index (χ4n) is 2.75. The first kappa shape index (κ1) is 14.4. The van der Waals surface area contributed by atoms with Gasteiger partial charge in [0.2, 0.25) is 0 Å². The summed E-state index contributed by atoms with van der Waals surface area (Å²) in [5.41, 5.74) is 4.09. The molecule has 0 aliphatic rings. The summed E-state index contributed by atoms with van der Waals surface area (Å²) in [5.74, 6) is 1.45. The van der Waals surface area contributed by atoms with Crippen molar-refractivity contribution in [3.05, 3.63) is 60.2 Å². The monoisotopic (exact) mass is 319 g/mol. The lowest BCUT2D eigenvalue weighted by molar-refractivity contribution is 0.770. The summed E-state index contributed by atoms with van der Waals surface area (Å²) in [7, 11) is 1.93. The molecule has 0 saturated carbocycles. The number of aryl methyl sites for hydroxylation is 2. The lowest BCUT2D eigenvalue weighted by atomic mass is 10.1. The first-order chi connectivity index (χ1) is 11.7. The van der Waals surface area contributed by atoms with Crippen molar-refractivity contribution in [2.24, 2.45) is 7.05 Å². The lowest BCUT2D eigenvalue weighted by Gasteiger charge is -2.09. The summed E-state index contributed by atoms with van der Waals surface area (Å²) in [5, 5.41) is 12.2. The van der Waals surface area contributed by atoms with Crippen LogP contribution in [0, 0.1) is 6.92 Å². The molecule has 24 heavy (non-hydrogen) atoms. The zero-order valence-electron chi connectivity index (χ0n) is 13.5. The van der Waals surface area contributed by atoms with Gasteiger partial charge in [0.25, 0.3) is 5.78 Å². The highest BCUT2D eigenvalue weighted by molar-refractivity contribution is 5.63. The Morgan fingerprint density at radius 3 is 2.83 bits per heavy atom. The summed E-state index contributed by atoms with van der Waals surface area (Å²) in [4.78, 5) is 8.50. The fourth-order valence-corrected chi connectivity index (χ4v) is 2.75.